The van der Waals surface area contributed by atoms with Gasteiger partial charge in [0.2, 0.25) is 0 Å². The van der Waals surface area contributed by atoms with E-state index in [1.807, 2.05) is 0 Å². The van der Waals surface area contributed by atoms with Gasteiger partial charge in [-0.3, -0.25) is 0 Å². The van der Waals surface area contributed by atoms with Crippen molar-refractivity contribution in [1.82, 2.24) is 5.32 Å². The normalized spacial score (nSPS) is 20.6. The molecule has 2 rings (SSSR count). The van der Waals surface area contributed by atoms with Gasteiger partial charge in [0.05, 0.1) is 0 Å². The maximum atomic E-state index is 10.0. The van der Waals surface area contributed by atoms with Gasteiger partial charge in [-0.05, 0) is 25.5 Å². The molecule has 0 bridgehead atoms. The maximum absolute atomic E-state index is 10.0. The Bertz CT molecular complexity index is 301. The lowest BCUT2D eigenvalue weighted by Crippen LogP contribution is -2.56. The molecule has 2 N–H and O–H groups in total. The van der Waals surface area contributed by atoms with E-state index in [2.05, 4.69) is 25.2 Å². The third-order valence-corrected chi connectivity index (χ3v) is 3.34. The lowest BCUT2D eigenvalue weighted by atomic mass is 9.88. The fourth-order valence-electron chi connectivity index (χ4n) is 1.65. The average Bonchev–Trinajstić information content (AvgIpc) is 2.25. The molecule has 0 amide bonds. The van der Waals surface area contributed by atoms with E-state index in [4.69, 9.17) is 0 Å². The van der Waals surface area contributed by atoms with Gasteiger partial charge in [0.1, 0.15) is 5.60 Å². The molecule has 2 heterocycles. The zero-order valence-electron chi connectivity index (χ0n) is 7.35. The van der Waals surface area contributed by atoms with Crippen LogP contribution in [0.3, 0.4) is 0 Å². The molecule has 2 nitrogen and oxygen atoms in total. The van der Waals surface area contributed by atoms with Crippen molar-refractivity contribution in [1.29, 1.82) is 0 Å². The van der Waals surface area contributed by atoms with E-state index in [0.717, 1.165) is 5.56 Å². The first kappa shape index (κ1) is 8.23. The molecule has 1 aliphatic heterocycles. The fourth-order valence-corrected chi connectivity index (χ4v) is 2.66. The van der Waals surface area contributed by atoms with Crippen LogP contribution in [0.25, 0.3) is 0 Å². The molecule has 1 aromatic heterocycles. The zero-order valence-corrected chi connectivity index (χ0v) is 8.16. The number of aliphatic hydroxyl groups is 1. The molecule has 0 aliphatic carbocycles. The van der Waals surface area contributed by atoms with E-state index in [-0.39, 0.29) is 0 Å². The van der Waals surface area contributed by atoms with Crippen molar-refractivity contribution in [3.63, 3.8) is 0 Å². The van der Waals surface area contributed by atoms with E-state index < -0.39 is 5.60 Å². The molecule has 0 spiro atoms. The van der Waals surface area contributed by atoms with Crippen LogP contribution >= 0.6 is 11.3 Å². The predicted octanol–water partition coefficient (Wildman–Crippen LogP) is 1.16. The van der Waals surface area contributed by atoms with Gasteiger partial charge in [0, 0.05) is 22.8 Å². The van der Waals surface area contributed by atoms with Crippen LogP contribution in [-0.4, -0.2) is 18.2 Å². The fraction of sp³-hybridized carbons (Fsp3) is 0.556. The van der Waals surface area contributed by atoms with Gasteiger partial charge < -0.3 is 10.4 Å². The Morgan fingerprint density at radius 1 is 1.50 bits per heavy atom. The number of hydrogen-bond donors (Lipinski definition) is 2. The number of aryl methyl sites for hydroxylation is 2. The lowest BCUT2D eigenvalue weighted by Gasteiger charge is -2.37. The Morgan fingerprint density at radius 2 is 2.17 bits per heavy atom. The quantitative estimate of drug-likeness (QED) is 0.684. The van der Waals surface area contributed by atoms with Gasteiger partial charge in [-0.2, -0.15) is 0 Å². The van der Waals surface area contributed by atoms with Crippen LogP contribution in [0.1, 0.15) is 15.3 Å². The smallest absolute Gasteiger partial charge is 0.115 e. The Kier molecular flexibility index (Phi) is 1.75. The molecule has 0 aromatic carbocycles. The Balaban J connectivity index is 2.38. The molecule has 1 aliphatic rings. The Morgan fingerprint density at radius 3 is 2.50 bits per heavy atom. The second-order valence-corrected chi connectivity index (χ2v) is 4.92. The van der Waals surface area contributed by atoms with E-state index in [1.54, 1.807) is 11.3 Å². The van der Waals surface area contributed by atoms with Gasteiger partial charge in [-0.1, -0.05) is 0 Å². The molecule has 0 radical (unpaired) electrons. The highest BCUT2D eigenvalue weighted by Gasteiger charge is 2.37. The summed E-state index contributed by atoms with van der Waals surface area (Å²) in [6.45, 7) is 5.55. The topological polar surface area (TPSA) is 32.3 Å². The number of nitrogens with one attached hydrogen (secondary N) is 1. The van der Waals surface area contributed by atoms with E-state index in [9.17, 15) is 5.11 Å². The van der Waals surface area contributed by atoms with E-state index in [0.29, 0.717) is 13.1 Å². The summed E-state index contributed by atoms with van der Waals surface area (Å²) < 4.78 is 0. The summed E-state index contributed by atoms with van der Waals surface area (Å²) in [7, 11) is 0. The summed E-state index contributed by atoms with van der Waals surface area (Å²) in [6, 6.07) is 2.10. The number of rotatable bonds is 1. The molecule has 66 valence electrons. The third kappa shape index (κ3) is 1.09. The van der Waals surface area contributed by atoms with Crippen LogP contribution in [0.2, 0.25) is 0 Å². The molecule has 0 atom stereocenters. The summed E-state index contributed by atoms with van der Waals surface area (Å²) in [5.74, 6) is 0. The molecule has 12 heavy (non-hydrogen) atoms. The molecule has 3 heteroatoms. The molecule has 1 aromatic rings. The van der Waals surface area contributed by atoms with Gasteiger partial charge in [0.25, 0.3) is 0 Å². The zero-order chi connectivity index (χ0) is 8.77. The third-order valence-electron chi connectivity index (χ3n) is 2.38. The van der Waals surface area contributed by atoms with E-state index in [1.165, 1.54) is 9.75 Å². The minimum absolute atomic E-state index is 0.575. The lowest BCUT2D eigenvalue weighted by molar-refractivity contribution is -0.0147. The monoisotopic (exact) mass is 183 g/mol. The number of β-amino-alcohol motifs (C(OH)–C–C–N with tert-alkyl or cyclic N) is 1. The standard InChI is InChI=1S/C9H13NOS/c1-6-3-8(7(2)12-6)9(11)4-10-5-9/h3,10-11H,4-5H2,1-2H3. The van der Waals surface area contributed by atoms with E-state index >= 15 is 0 Å². The predicted molar refractivity (Wildman–Crippen MR) is 50.6 cm³/mol. The molecular formula is C9H13NOS. The van der Waals surface area contributed by atoms with Crippen LogP contribution in [0.5, 0.6) is 0 Å². The highest BCUT2D eigenvalue weighted by atomic mass is 32.1. The minimum atomic E-state index is -0.575. The van der Waals surface area contributed by atoms with Crippen LogP contribution in [0.15, 0.2) is 6.07 Å². The summed E-state index contributed by atoms with van der Waals surface area (Å²) in [4.78, 5) is 2.53. The highest BCUT2D eigenvalue weighted by molar-refractivity contribution is 7.12. The summed E-state index contributed by atoms with van der Waals surface area (Å²) >= 11 is 1.76. The Labute approximate surface area is 76.2 Å². The van der Waals surface area contributed by atoms with Crippen LogP contribution in [0.4, 0.5) is 0 Å². The summed E-state index contributed by atoms with van der Waals surface area (Å²) in [6.07, 6.45) is 0. The van der Waals surface area contributed by atoms with Crippen LogP contribution in [0, 0.1) is 13.8 Å². The highest BCUT2D eigenvalue weighted by Crippen LogP contribution is 2.32. The van der Waals surface area contributed by atoms with Gasteiger partial charge in [0.15, 0.2) is 0 Å². The van der Waals surface area contributed by atoms with Gasteiger partial charge in [-0.15, -0.1) is 11.3 Å². The van der Waals surface area contributed by atoms with Crippen molar-refractivity contribution >= 4 is 11.3 Å². The summed E-state index contributed by atoms with van der Waals surface area (Å²) in [5.41, 5.74) is 0.540. The molecular weight excluding hydrogens is 170 g/mol. The van der Waals surface area contributed by atoms with Crippen molar-refractivity contribution in [2.45, 2.75) is 19.4 Å². The number of hydrogen-bond acceptors (Lipinski definition) is 3. The van der Waals surface area contributed by atoms with Crippen molar-refractivity contribution in [3.8, 4) is 0 Å². The summed E-state index contributed by atoms with van der Waals surface area (Å²) in [5, 5.41) is 13.1. The molecule has 0 unspecified atom stereocenters. The van der Waals surface area contributed by atoms with Crippen molar-refractivity contribution in [3.05, 3.63) is 21.4 Å². The molecule has 1 fully saturated rings. The van der Waals surface area contributed by atoms with Crippen molar-refractivity contribution in [2.75, 3.05) is 13.1 Å². The largest absolute Gasteiger partial charge is 0.382 e. The SMILES string of the molecule is Cc1cc(C2(O)CNC2)c(C)s1. The van der Waals surface area contributed by atoms with Crippen molar-refractivity contribution in [2.24, 2.45) is 0 Å². The van der Waals surface area contributed by atoms with Gasteiger partial charge in [-0.25, -0.2) is 0 Å². The van der Waals surface area contributed by atoms with Crippen LogP contribution < -0.4 is 5.32 Å². The second-order valence-electron chi connectivity index (χ2n) is 3.46. The first-order valence-electron chi connectivity index (χ1n) is 4.12. The first-order chi connectivity index (χ1) is 5.62. The minimum Gasteiger partial charge on any atom is -0.382 e. The van der Waals surface area contributed by atoms with Gasteiger partial charge >= 0.3 is 0 Å². The Hall–Kier alpha value is -0.380. The molecule has 1 saturated heterocycles. The second kappa shape index (κ2) is 2.55. The van der Waals surface area contributed by atoms with Crippen molar-refractivity contribution < 1.29 is 5.11 Å². The maximum Gasteiger partial charge on any atom is 0.115 e. The van der Waals surface area contributed by atoms with Crippen LogP contribution in [-0.2, 0) is 5.60 Å². The first-order valence-corrected chi connectivity index (χ1v) is 4.94. The number of thiophene rings is 1. The molecule has 0 saturated carbocycles. The average molecular weight is 183 g/mol.